The summed E-state index contributed by atoms with van der Waals surface area (Å²) in [6.45, 7) is 3.82. The van der Waals surface area contributed by atoms with Gasteiger partial charge in [-0.2, -0.15) is 0 Å². The van der Waals surface area contributed by atoms with E-state index in [-0.39, 0.29) is 12.0 Å². The van der Waals surface area contributed by atoms with Gasteiger partial charge < -0.3 is 20.1 Å². The van der Waals surface area contributed by atoms with Gasteiger partial charge in [0.1, 0.15) is 0 Å². The van der Waals surface area contributed by atoms with E-state index in [4.69, 9.17) is 9.47 Å². The molecule has 1 heterocycles. The van der Waals surface area contributed by atoms with E-state index in [1.165, 1.54) is 32.1 Å². The van der Waals surface area contributed by atoms with Crippen molar-refractivity contribution >= 4 is 5.91 Å². The zero-order chi connectivity index (χ0) is 14.0. The highest BCUT2D eigenvalue weighted by Gasteiger charge is 2.17. The molecule has 0 spiro atoms. The van der Waals surface area contributed by atoms with Gasteiger partial charge in [-0.15, -0.1) is 0 Å². The van der Waals surface area contributed by atoms with Gasteiger partial charge in [-0.3, -0.25) is 4.79 Å². The lowest BCUT2D eigenvalue weighted by Crippen LogP contribution is -2.41. The number of carbonyl (C=O) groups is 1. The molecule has 1 saturated carbocycles. The molecular weight excluding hydrogens is 256 g/mol. The first-order valence-electron chi connectivity index (χ1n) is 8.05. The second-order valence-corrected chi connectivity index (χ2v) is 5.74. The first-order chi connectivity index (χ1) is 9.84. The van der Waals surface area contributed by atoms with Gasteiger partial charge in [0, 0.05) is 26.2 Å². The Kier molecular flexibility index (Phi) is 7.33. The Morgan fingerprint density at radius 2 is 2.15 bits per heavy atom. The Hall–Kier alpha value is -0.650. The van der Waals surface area contributed by atoms with E-state index in [1.807, 2.05) is 0 Å². The molecule has 0 aromatic heterocycles. The van der Waals surface area contributed by atoms with Crippen LogP contribution < -0.4 is 10.6 Å². The van der Waals surface area contributed by atoms with E-state index in [2.05, 4.69) is 10.6 Å². The summed E-state index contributed by atoms with van der Waals surface area (Å²) in [4.78, 5) is 11.7. The first kappa shape index (κ1) is 15.7. The molecule has 0 aromatic carbocycles. The topological polar surface area (TPSA) is 59.6 Å². The van der Waals surface area contributed by atoms with Gasteiger partial charge in [0.2, 0.25) is 5.91 Å². The standard InChI is InChI=1S/C15H28N2O3/c18-15(11-14-12-16-8-10-20-14)17-7-4-9-19-13-5-2-1-3-6-13/h13-14,16H,1-12H2,(H,17,18). The molecule has 2 N–H and O–H groups in total. The van der Waals surface area contributed by atoms with E-state index < -0.39 is 0 Å². The monoisotopic (exact) mass is 284 g/mol. The summed E-state index contributed by atoms with van der Waals surface area (Å²) < 4.78 is 11.3. The summed E-state index contributed by atoms with van der Waals surface area (Å²) in [6.07, 6.45) is 8.21. The number of morpholine rings is 1. The van der Waals surface area contributed by atoms with Crippen LogP contribution in [0.3, 0.4) is 0 Å². The molecule has 1 saturated heterocycles. The Bertz CT molecular complexity index is 274. The second kappa shape index (κ2) is 9.32. The minimum atomic E-state index is 0.0299. The molecule has 2 aliphatic rings. The zero-order valence-electron chi connectivity index (χ0n) is 12.4. The van der Waals surface area contributed by atoms with Crippen LogP contribution in [0.1, 0.15) is 44.9 Å². The smallest absolute Gasteiger partial charge is 0.222 e. The van der Waals surface area contributed by atoms with Crippen LogP contribution in [-0.2, 0) is 14.3 Å². The van der Waals surface area contributed by atoms with Gasteiger partial charge in [-0.1, -0.05) is 19.3 Å². The number of rotatable bonds is 7. The Morgan fingerprint density at radius 3 is 2.90 bits per heavy atom. The van der Waals surface area contributed by atoms with Crippen molar-refractivity contribution in [2.75, 3.05) is 32.8 Å². The summed E-state index contributed by atoms with van der Waals surface area (Å²) in [5.41, 5.74) is 0. The summed E-state index contributed by atoms with van der Waals surface area (Å²) in [7, 11) is 0. The Morgan fingerprint density at radius 1 is 1.30 bits per heavy atom. The lowest BCUT2D eigenvalue weighted by Gasteiger charge is -2.23. The third kappa shape index (κ3) is 6.20. The molecule has 1 aliphatic carbocycles. The number of ether oxygens (including phenoxy) is 2. The van der Waals surface area contributed by atoms with Crippen LogP contribution in [-0.4, -0.2) is 51.0 Å². The molecule has 1 atom stereocenters. The molecule has 0 aromatic rings. The number of hydrogen-bond donors (Lipinski definition) is 2. The minimum absolute atomic E-state index is 0.0299. The normalized spacial score (nSPS) is 24.5. The number of amides is 1. The van der Waals surface area contributed by atoms with Gasteiger partial charge in [0.05, 0.1) is 25.2 Å². The van der Waals surface area contributed by atoms with Gasteiger partial charge in [-0.05, 0) is 19.3 Å². The van der Waals surface area contributed by atoms with Crippen molar-refractivity contribution in [3.05, 3.63) is 0 Å². The largest absolute Gasteiger partial charge is 0.378 e. The summed E-state index contributed by atoms with van der Waals surface area (Å²) in [6, 6.07) is 0. The van der Waals surface area contributed by atoms with E-state index in [0.29, 0.717) is 25.7 Å². The SMILES string of the molecule is O=C(CC1CNCCO1)NCCCOC1CCCCC1. The van der Waals surface area contributed by atoms with E-state index in [0.717, 1.165) is 26.1 Å². The summed E-state index contributed by atoms with van der Waals surface area (Å²) in [5, 5.41) is 6.17. The van der Waals surface area contributed by atoms with Gasteiger partial charge in [-0.25, -0.2) is 0 Å². The van der Waals surface area contributed by atoms with Crippen molar-refractivity contribution in [3.63, 3.8) is 0 Å². The maximum atomic E-state index is 11.7. The predicted molar refractivity (Wildman–Crippen MR) is 77.7 cm³/mol. The molecule has 0 radical (unpaired) electrons. The fraction of sp³-hybridized carbons (Fsp3) is 0.933. The van der Waals surface area contributed by atoms with Crippen molar-refractivity contribution in [2.24, 2.45) is 0 Å². The Balaban J connectivity index is 1.44. The lowest BCUT2D eigenvalue weighted by atomic mass is 9.98. The van der Waals surface area contributed by atoms with Crippen LogP contribution >= 0.6 is 0 Å². The molecule has 5 heteroatoms. The maximum absolute atomic E-state index is 11.7. The zero-order valence-corrected chi connectivity index (χ0v) is 12.4. The van der Waals surface area contributed by atoms with Crippen LogP contribution in [0.15, 0.2) is 0 Å². The molecule has 5 nitrogen and oxygen atoms in total. The van der Waals surface area contributed by atoms with E-state index in [1.54, 1.807) is 0 Å². The average Bonchev–Trinajstić information content (AvgIpc) is 2.49. The predicted octanol–water partition coefficient (Wildman–Crippen LogP) is 1.22. The lowest BCUT2D eigenvalue weighted by molar-refractivity contribution is -0.124. The second-order valence-electron chi connectivity index (χ2n) is 5.74. The molecule has 116 valence electrons. The molecule has 2 rings (SSSR count). The van der Waals surface area contributed by atoms with Crippen molar-refractivity contribution < 1.29 is 14.3 Å². The van der Waals surface area contributed by atoms with Gasteiger partial charge in [0.25, 0.3) is 0 Å². The summed E-state index contributed by atoms with van der Waals surface area (Å²) >= 11 is 0. The molecular formula is C15H28N2O3. The highest BCUT2D eigenvalue weighted by atomic mass is 16.5. The van der Waals surface area contributed by atoms with Crippen molar-refractivity contribution in [1.82, 2.24) is 10.6 Å². The van der Waals surface area contributed by atoms with Crippen molar-refractivity contribution in [3.8, 4) is 0 Å². The fourth-order valence-corrected chi connectivity index (χ4v) is 2.81. The molecule has 1 unspecified atom stereocenters. The van der Waals surface area contributed by atoms with Gasteiger partial charge in [0.15, 0.2) is 0 Å². The van der Waals surface area contributed by atoms with Crippen LogP contribution in [0.2, 0.25) is 0 Å². The van der Waals surface area contributed by atoms with Crippen molar-refractivity contribution in [1.29, 1.82) is 0 Å². The molecule has 2 fully saturated rings. The number of carbonyl (C=O) groups excluding carboxylic acids is 1. The molecule has 0 bridgehead atoms. The Labute approximate surface area is 121 Å². The van der Waals surface area contributed by atoms with Crippen molar-refractivity contribution in [2.45, 2.75) is 57.2 Å². The third-order valence-electron chi connectivity index (χ3n) is 3.97. The quantitative estimate of drug-likeness (QED) is 0.690. The average molecular weight is 284 g/mol. The van der Waals surface area contributed by atoms with E-state index >= 15 is 0 Å². The fourth-order valence-electron chi connectivity index (χ4n) is 2.81. The van der Waals surface area contributed by atoms with Crippen LogP contribution in [0.5, 0.6) is 0 Å². The maximum Gasteiger partial charge on any atom is 0.222 e. The number of hydrogen-bond acceptors (Lipinski definition) is 4. The molecule has 1 aliphatic heterocycles. The highest BCUT2D eigenvalue weighted by Crippen LogP contribution is 2.20. The van der Waals surface area contributed by atoms with Crippen LogP contribution in [0.4, 0.5) is 0 Å². The van der Waals surface area contributed by atoms with Crippen LogP contribution in [0, 0.1) is 0 Å². The van der Waals surface area contributed by atoms with Gasteiger partial charge >= 0.3 is 0 Å². The minimum Gasteiger partial charge on any atom is -0.378 e. The van der Waals surface area contributed by atoms with E-state index in [9.17, 15) is 4.79 Å². The first-order valence-corrected chi connectivity index (χ1v) is 8.05. The number of nitrogens with one attached hydrogen (secondary N) is 2. The summed E-state index contributed by atoms with van der Waals surface area (Å²) in [5.74, 6) is 0.0800. The highest BCUT2D eigenvalue weighted by molar-refractivity contribution is 5.76. The molecule has 1 amide bonds. The van der Waals surface area contributed by atoms with Crippen LogP contribution in [0.25, 0.3) is 0 Å². The molecule has 20 heavy (non-hydrogen) atoms. The third-order valence-corrected chi connectivity index (χ3v) is 3.97.